The lowest BCUT2D eigenvalue weighted by Gasteiger charge is -2.36. The average Bonchev–Trinajstić information content (AvgIpc) is 3.05. The molecule has 3 heterocycles. The van der Waals surface area contributed by atoms with Crippen LogP contribution in [0.1, 0.15) is 37.0 Å². The zero-order chi connectivity index (χ0) is 19.8. The molecule has 0 amide bonds. The Hall–Kier alpha value is -2.58. The Morgan fingerprint density at radius 2 is 1.86 bits per heavy atom. The van der Waals surface area contributed by atoms with Crippen LogP contribution in [-0.4, -0.2) is 47.5 Å². The van der Waals surface area contributed by atoms with Crippen molar-refractivity contribution in [2.45, 2.75) is 33.6 Å². The van der Waals surface area contributed by atoms with E-state index in [2.05, 4.69) is 60.2 Å². The van der Waals surface area contributed by atoms with Crippen LogP contribution >= 0.6 is 0 Å². The van der Waals surface area contributed by atoms with Gasteiger partial charge in [-0.05, 0) is 56.0 Å². The maximum absolute atomic E-state index is 9.96. The maximum atomic E-state index is 9.96. The Morgan fingerprint density at radius 1 is 1.14 bits per heavy atom. The van der Waals surface area contributed by atoms with Crippen LogP contribution < -0.4 is 4.90 Å². The largest absolute Gasteiger partial charge is 0.355 e. The molecule has 1 saturated heterocycles. The first-order chi connectivity index (χ1) is 13.5. The second-order valence-corrected chi connectivity index (χ2v) is 8.40. The monoisotopic (exact) mass is 375 g/mol. The van der Waals surface area contributed by atoms with Gasteiger partial charge < -0.3 is 9.80 Å². The highest BCUT2D eigenvalue weighted by molar-refractivity contribution is 5.86. The predicted octanol–water partition coefficient (Wildman–Crippen LogP) is 4.01. The number of pyridine rings is 1. The molecule has 5 heteroatoms. The van der Waals surface area contributed by atoms with Gasteiger partial charge in [-0.2, -0.15) is 5.26 Å². The first-order valence-corrected chi connectivity index (χ1v) is 10.3. The number of hydrogen-bond donors (Lipinski definition) is 0. The van der Waals surface area contributed by atoms with Crippen molar-refractivity contribution in [2.24, 2.45) is 5.92 Å². The van der Waals surface area contributed by atoms with Crippen molar-refractivity contribution in [3.05, 3.63) is 41.0 Å². The Balaban J connectivity index is 2.03. The lowest BCUT2D eigenvalue weighted by molar-refractivity contribution is 0.311. The van der Waals surface area contributed by atoms with Crippen LogP contribution in [0.3, 0.4) is 0 Å². The van der Waals surface area contributed by atoms with Gasteiger partial charge in [0.25, 0.3) is 0 Å². The van der Waals surface area contributed by atoms with Crippen LogP contribution in [0.4, 0.5) is 5.82 Å². The van der Waals surface area contributed by atoms with Gasteiger partial charge in [-0.1, -0.05) is 26.0 Å². The zero-order valence-electron chi connectivity index (χ0n) is 17.4. The molecule has 1 fully saturated rings. The van der Waals surface area contributed by atoms with E-state index in [0.717, 1.165) is 61.3 Å². The number of imidazole rings is 1. The third-order valence-corrected chi connectivity index (χ3v) is 5.98. The van der Waals surface area contributed by atoms with Gasteiger partial charge in [0.15, 0.2) is 5.65 Å². The molecule has 1 aliphatic rings. The lowest BCUT2D eigenvalue weighted by Crippen LogP contribution is -2.45. The summed E-state index contributed by atoms with van der Waals surface area (Å²) in [7, 11) is 2.18. The number of likely N-dealkylation sites (N-methyl/N-ethyl adjacent to an activating group) is 1. The number of anilines is 1. The molecule has 3 aromatic rings. The molecular weight excluding hydrogens is 346 g/mol. The smallest absolute Gasteiger partial charge is 0.157 e. The first-order valence-electron chi connectivity index (χ1n) is 10.3. The third kappa shape index (κ3) is 3.12. The summed E-state index contributed by atoms with van der Waals surface area (Å²) in [5, 5.41) is 9.96. The number of nitriles is 1. The Bertz CT molecular complexity index is 1050. The SMILES string of the molecule is Cc1c(CCC(C)C)c(N2CCN(C)CC2)n2c(nc3ccccc32)c1C#N. The summed E-state index contributed by atoms with van der Waals surface area (Å²) in [4.78, 5) is 9.74. The molecule has 2 aromatic heterocycles. The topological polar surface area (TPSA) is 47.6 Å². The fraction of sp³-hybridized carbons (Fsp3) is 0.478. The highest BCUT2D eigenvalue weighted by Crippen LogP contribution is 2.34. The molecule has 146 valence electrons. The Morgan fingerprint density at radius 3 is 2.54 bits per heavy atom. The molecule has 0 radical (unpaired) electrons. The molecule has 0 saturated carbocycles. The van der Waals surface area contributed by atoms with E-state index in [9.17, 15) is 5.26 Å². The van der Waals surface area contributed by atoms with Crippen molar-refractivity contribution >= 4 is 22.5 Å². The number of aromatic nitrogens is 2. The van der Waals surface area contributed by atoms with Crippen molar-refractivity contribution in [3.8, 4) is 6.07 Å². The van der Waals surface area contributed by atoms with Crippen molar-refractivity contribution in [3.63, 3.8) is 0 Å². The lowest BCUT2D eigenvalue weighted by atomic mass is 9.96. The number of para-hydroxylation sites is 2. The average molecular weight is 376 g/mol. The van der Waals surface area contributed by atoms with E-state index < -0.39 is 0 Å². The molecule has 1 aromatic carbocycles. The summed E-state index contributed by atoms with van der Waals surface area (Å²) < 4.78 is 2.25. The minimum Gasteiger partial charge on any atom is -0.355 e. The van der Waals surface area contributed by atoms with Crippen LogP contribution in [-0.2, 0) is 6.42 Å². The van der Waals surface area contributed by atoms with Gasteiger partial charge in [0.1, 0.15) is 11.9 Å². The molecule has 5 nitrogen and oxygen atoms in total. The van der Waals surface area contributed by atoms with Gasteiger partial charge in [0, 0.05) is 26.2 Å². The zero-order valence-corrected chi connectivity index (χ0v) is 17.4. The Labute approximate surface area is 167 Å². The highest BCUT2D eigenvalue weighted by Gasteiger charge is 2.26. The van der Waals surface area contributed by atoms with Crippen molar-refractivity contribution in [2.75, 3.05) is 38.1 Å². The molecule has 28 heavy (non-hydrogen) atoms. The summed E-state index contributed by atoms with van der Waals surface area (Å²) in [6, 6.07) is 10.7. The summed E-state index contributed by atoms with van der Waals surface area (Å²) in [6.07, 6.45) is 2.10. The first kappa shape index (κ1) is 18.8. The number of rotatable bonds is 4. The number of benzene rings is 1. The molecule has 0 bridgehead atoms. The Kier molecular flexibility index (Phi) is 4.99. The molecule has 0 N–H and O–H groups in total. The van der Waals surface area contributed by atoms with Gasteiger partial charge in [0.05, 0.1) is 16.6 Å². The number of fused-ring (bicyclic) bond motifs is 3. The highest BCUT2D eigenvalue weighted by atomic mass is 15.3. The van der Waals surface area contributed by atoms with Crippen LogP contribution in [0.5, 0.6) is 0 Å². The molecule has 4 rings (SSSR count). The second-order valence-electron chi connectivity index (χ2n) is 8.40. The number of piperazine rings is 1. The summed E-state index contributed by atoms with van der Waals surface area (Å²) >= 11 is 0. The van der Waals surface area contributed by atoms with Gasteiger partial charge >= 0.3 is 0 Å². The summed E-state index contributed by atoms with van der Waals surface area (Å²) in [5.41, 5.74) is 5.96. The van der Waals surface area contributed by atoms with Gasteiger partial charge in [-0.15, -0.1) is 0 Å². The van der Waals surface area contributed by atoms with Crippen LogP contribution in [0.15, 0.2) is 24.3 Å². The van der Waals surface area contributed by atoms with E-state index in [1.54, 1.807) is 0 Å². The summed E-state index contributed by atoms with van der Waals surface area (Å²) in [5.74, 6) is 1.87. The predicted molar refractivity (Wildman–Crippen MR) is 115 cm³/mol. The summed E-state index contributed by atoms with van der Waals surface area (Å²) in [6.45, 7) is 10.7. The van der Waals surface area contributed by atoms with E-state index in [1.165, 1.54) is 11.4 Å². The van der Waals surface area contributed by atoms with Gasteiger partial charge in [0.2, 0.25) is 0 Å². The van der Waals surface area contributed by atoms with Crippen LogP contribution in [0, 0.1) is 24.2 Å². The van der Waals surface area contributed by atoms with E-state index in [1.807, 2.05) is 12.1 Å². The van der Waals surface area contributed by atoms with Gasteiger partial charge in [-0.25, -0.2) is 4.98 Å². The minimum atomic E-state index is 0.625. The van der Waals surface area contributed by atoms with Crippen molar-refractivity contribution in [1.29, 1.82) is 5.26 Å². The van der Waals surface area contributed by atoms with Gasteiger partial charge in [-0.3, -0.25) is 4.40 Å². The second kappa shape index (κ2) is 7.44. The van der Waals surface area contributed by atoms with E-state index in [0.29, 0.717) is 11.5 Å². The van der Waals surface area contributed by atoms with Crippen LogP contribution in [0.2, 0.25) is 0 Å². The number of hydrogen-bond acceptors (Lipinski definition) is 4. The normalized spacial score (nSPS) is 15.6. The fourth-order valence-electron chi connectivity index (χ4n) is 4.25. The standard InChI is InChI=1S/C23H29N5/c1-16(2)9-10-18-17(3)19(15-24)22-25-20-7-5-6-8-21(20)28(22)23(18)27-13-11-26(4)12-14-27/h5-8,16H,9-14H2,1-4H3. The van der Waals surface area contributed by atoms with Crippen molar-refractivity contribution < 1.29 is 0 Å². The quantitative estimate of drug-likeness (QED) is 0.691. The fourth-order valence-corrected chi connectivity index (χ4v) is 4.25. The van der Waals surface area contributed by atoms with Crippen molar-refractivity contribution in [1.82, 2.24) is 14.3 Å². The van der Waals surface area contributed by atoms with E-state index in [-0.39, 0.29) is 0 Å². The molecule has 0 spiro atoms. The molecule has 0 aliphatic carbocycles. The van der Waals surface area contributed by atoms with E-state index in [4.69, 9.17) is 4.98 Å². The number of nitrogens with zero attached hydrogens (tertiary/aromatic N) is 5. The molecule has 0 atom stereocenters. The maximum Gasteiger partial charge on any atom is 0.157 e. The molecule has 0 unspecified atom stereocenters. The third-order valence-electron chi connectivity index (χ3n) is 5.98. The molecular formula is C23H29N5. The van der Waals surface area contributed by atoms with E-state index >= 15 is 0 Å². The minimum absolute atomic E-state index is 0.625. The van der Waals surface area contributed by atoms with Crippen LogP contribution in [0.25, 0.3) is 16.7 Å². The molecule has 1 aliphatic heterocycles.